The van der Waals surface area contributed by atoms with Crippen molar-refractivity contribution < 1.29 is 17.6 Å². The summed E-state index contributed by atoms with van der Waals surface area (Å²) in [6.45, 7) is 0.424. The zero-order valence-electron chi connectivity index (χ0n) is 12.7. The Bertz CT molecular complexity index is 975. The molecule has 1 heterocycles. The van der Waals surface area contributed by atoms with E-state index < -0.39 is 10.0 Å². The largest absolute Gasteiger partial charge is 0.463 e. The number of fused-ring (bicyclic) bond motifs is 1. The molecule has 3 aromatic rings. The van der Waals surface area contributed by atoms with Crippen LogP contribution in [0, 0.1) is 0 Å². The Morgan fingerprint density at radius 1 is 1.08 bits per heavy atom. The minimum absolute atomic E-state index is 0.0696. The topological polar surface area (TPSA) is 102 Å². The second kappa shape index (κ2) is 6.46. The number of hydrogen-bond donors (Lipinski definition) is 2. The van der Waals surface area contributed by atoms with E-state index in [-0.39, 0.29) is 10.8 Å². The lowest BCUT2D eigenvalue weighted by molar-refractivity contribution is 0.0955. The Morgan fingerprint density at radius 2 is 1.79 bits per heavy atom. The second-order valence-corrected chi connectivity index (χ2v) is 6.90. The van der Waals surface area contributed by atoms with Crippen molar-refractivity contribution in [3.8, 4) is 0 Å². The van der Waals surface area contributed by atoms with Gasteiger partial charge in [0.25, 0.3) is 5.91 Å². The third-order valence-electron chi connectivity index (χ3n) is 3.68. The number of benzene rings is 2. The number of primary sulfonamides is 1. The molecule has 1 amide bonds. The summed E-state index contributed by atoms with van der Waals surface area (Å²) in [5, 5.41) is 8.65. The number of furan rings is 1. The molecule has 124 valence electrons. The monoisotopic (exact) mass is 344 g/mol. The van der Waals surface area contributed by atoms with Gasteiger partial charge in [0.2, 0.25) is 10.0 Å². The van der Waals surface area contributed by atoms with Gasteiger partial charge in [-0.05, 0) is 30.2 Å². The number of hydrogen-bond acceptors (Lipinski definition) is 4. The van der Waals surface area contributed by atoms with Gasteiger partial charge in [-0.15, -0.1) is 0 Å². The summed E-state index contributed by atoms with van der Waals surface area (Å²) in [6, 6.07) is 13.6. The Morgan fingerprint density at radius 3 is 2.50 bits per heavy atom. The number of carbonyl (C=O) groups excluding carboxylic acids is 1. The molecule has 1 aromatic heterocycles. The molecular weight excluding hydrogens is 328 g/mol. The molecule has 0 fully saturated rings. The first kappa shape index (κ1) is 16.2. The van der Waals surface area contributed by atoms with Crippen LogP contribution in [0.4, 0.5) is 0 Å². The normalized spacial score (nSPS) is 11.5. The van der Waals surface area contributed by atoms with Crippen molar-refractivity contribution in [3.63, 3.8) is 0 Å². The van der Waals surface area contributed by atoms with Crippen molar-refractivity contribution in [1.29, 1.82) is 0 Å². The molecule has 7 heteroatoms. The summed E-state index contributed by atoms with van der Waals surface area (Å²) in [7, 11) is -3.68. The number of amides is 1. The Balaban J connectivity index is 1.61. The molecule has 0 aliphatic rings. The van der Waals surface area contributed by atoms with Gasteiger partial charge < -0.3 is 9.73 Å². The van der Waals surface area contributed by atoms with E-state index in [1.165, 1.54) is 18.4 Å². The van der Waals surface area contributed by atoms with Crippen LogP contribution in [0.3, 0.4) is 0 Å². The van der Waals surface area contributed by atoms with Crippen molar-refractivity contribution in [2.24, 2.45) is 5.14 Å². The van der Waals surface area contributed by atoms with Crippen LogP contribution in [0.5, 0.6) is 0 Å². The number of nitrogens with two attached hydrogens (primary N) is 1. The first-order chi connectivity index (χ1) is 11.4. The molecule has 0 aliphatic heterocycles. The van der Waals surface area contributed by atoms with Gasteiger partial charge in [-0.3, -0.25) is 4.79 Å². The van der Waals surface area contributed by atoms with Crippen molar-refractivity contribution in [3.05, 3.63) is 65.9 Å². The lowest BCUT2D eigenvalue weighted by atomic mass is 10.1. The number of nitrogens with one attached hydrogen (secondary N) is 1. The lowest BCUT2D eigenvalue weighted by Gasteiger charge is -2.05. The van der Waals surface area contributed by atoms with Gasteiger partial charge in [-0.2, -0.15) is 0 Å². The van der Waals surface area contributed by atoms with Crippen LogP contribution in [0.1, 0.15) is 15.9 Å². The van der Waals surface area contributed by atoms with E-state index in [0.29, 0.717) is 24.1 Å². The molecule has 0 saturated heterocycles. The van der Waals surface area contributed by atoms with Gasteiger partial charge >= 0.3 is 0 Å². The van der Waals surface area contributed by atoms with Crippen LogP contribution < -0.4 is 10.5 Å². The summed E-state index contributed by atoms with van der Waals surface area (Å²) >= 11 is 0. The van der Waals surface area contributed by atoms with Gasteiger partial charge in [-0.25, -0.2) is 13.6 Å². The van der Waals surface area contributed by atoms with Crippen LogP contribution >= 0.6 is 0 Å². The lowest BCUT2D eigenvalue weighted by Crippen LogP contribution is -2.25. The third kappa shape index (κ3) is 3.47. The molecule has 0 unspecified atom stereocenters. The predicted octanol–water partition coefficient (Wildman–Crippen LogP) is 2.05. The average Bonchev–Trinajstić information content (AvgIpc) is 2.98. The van der Waals surface area contributed by atoms with Crippen LogP contribution in [0.25, 0.3) is 11.0 Å². The van der Waals surface area contributed by atoms with Crippen LogP contribution in [-0.4, -0.2) is 20.9 Å². The van der Waals surface area contributed by atoms with E-state index >= 15 is 0 Å². The molecule has 0 atom stereocenters. The molecule has 0 spiro atoms. The quantitative estimate of drug-likeness (QED) is 0.739. The first-order valence-corrected chi connectivity index (χ1v) is 8.86. The third-order valence-corrected chi connectivity index (χ3v) is 4.61. The highest BCUT2D eigenvalue weighted by Gasteiger charge is 2.12. The Hall–Kier alpha value is -2.64. The molecule has 3 rings (SSSR count). The average molecular weight is 344 g/mol. The molecule has 6 nitrogen and oxygen atoms in total. The van der Waals surface area contributed by atoms with Crippen LogP contribution in [-0.2, 0) is 16.4 Å². The van der Waals surface area contributed by atoms with E-state index in [0.717, 1.165) is 10.9 Å². The second-order valence-electron chi connectivity index (χ2n) is 5.34. The van der Waals surface area contributed by atoms with Crippen LogP contribution in [0.15, 0.2) is 64.1 Å². The number of rotatable bonds is 5. The predicted molar refractivity (Wildman–Crippen MR) is 90.1 cm³/mol. The van der Waals surface area contributed by atoms with Crippen molar-refractivity contribution >= 4 is 26.9 Å². The van der Waals surface area contributed by atoms with E-state index in [1.807, 2.05) is 18.2 Å². The summed E-state index contributed by atoms with van der Waals surface area (Å²) < 4.78 is 27.7. The maximum atomic E-state index is 12.2. The van der Waals surface area contributed by atoms with Gasteiger partial charge in [0.15, 0.2) is 0 Å². The summed E-state index contributed by atoms with van der Waals surface area (Å²) in [6.07, 6.45) is 2.02. The molecular formula is C17H16N2O4S. The van der Waals surface area contributed by atoms with E-state index in [2.05, 4.69) is 5.32 Å². The van der Waals surface area contributed by atoms with Gasteiger partial charge in [0.05, 0.1) is 10.5 Å². The molecule has 2 aromatic carbocycles. The first-order valence-electron chi connectivity index (χ1n) is 7.31. The Kier molecular flexibility index (Phi) is 4.37. The molecule has 0 radical (unpaired) electrons. The van der Waals surface area contributed by atoms with Gasteiger partial charge in [0.1, 0.15) is 11.8 Å². The van der Waals surface area contributed by atoms with E-state index in [4.69, 9.17) is 9.56 Å². The van der Waals surface area contributed by atoms with Gasteiger partial charge in [-0.1, -0.05) is 30.3 Å². The Labute approximate surface area is 139 Å². The zero-order valence-corrected chi connectivity index (χ0v) is 13.5. The molecule has 0 aliphatic carbocycles. The van der Waals surface area contributed by atoms with Crippen molar-refractivity contribution in [2.45, 2.75) is 11.3 Å². The van der Waals surface area contributed by atoms with Gasteiger partial charge in [0, 0.05) is 11.9 Å². The summed E-state index contributed by atoms with van der Waals surface area (Å²) in [5.41, 5.74) is 2.07. The number of para-hydroxylation sites is 1. The SMILES string of the molecule is NS(=O)(=O)c1ccc(CCNC(=O)c2coc3ccccc23)cc1. The van der Waals surface area contributed by atoms with Crippen LogP contribution in [0.2, 0.25) is 0 Å². The van der Waals surface area contributed by atoms with Crippen molar-refractivity contribution in [2.75, 3.05) is 6.54 Å². The smallest absolute Gasteiger partial charge is 0.255 e. The fourth-order valence-electron chi connectivity index (χ4n) is 2.42. The molecule has 0 saturated carbocycles. The summed E-state index contributed by atoms with van der Waals surface area (Å²) in [5.74, 6) is -0.207. The number of sulfonamides is 1. The molecule has 3 N–H and O–H groups in total. The fraction of sp³-hybridized carbons (Fsp3) is 0.118. The fourth-order valence-corrected chi connectivity index (χ4v) is 2.93. The highest BCUT2D eigenvalue weighted by Crippen LogP contribution is 2.20. The molecule has 24 heavy (non-hydrogen) atoms. The highest BCUT2D eigenvalue weighted by atomic mass is 32.2. The minimum atomic E-state index is -3.68. The van der Waals surface area contributed by atoms with Crippen molar-refractivity contribution in [1.82, 2.24) is 5.32 Å². The highest BCUT2D eigenvalue weighted by molar-refractivity contribution is 7.89. The molecule has 0 bridgehead atoms. The van der Waals surface area contributed by atoms with E-state index in [1.54, 1.807) is 18.2 Å². The minimum Gasteiger partial charge on any atom is -0.463 e. The maximum absolute atomic E-state index is 12.2. The maximum Gasteiger partial charge on any atom is 0.255 e. The summed E-state index contributed by atoms with van der Waals surface area (Å²) in [4.78, 5) is 12.3. The number of carbonyl (C=O) groups is 1. The zero-order chi connectivity index (χ0) is 17.2. The van der Waals surface area contributed by atoms with E-state index in [9.17, 15) is 13.2 Å². The standard InChI is InChI=1S/C17H16N2O4S/c18-24(21,22)13-7-5-12(6-8-13)9-10-19-17(20)15-11-23-16-4-2-1-3-14(15)16/h1-8,11H,9-10H2,(H,19,20)(H2,18,21,22).